The summed E-state index contributed by atoms with van der Waals surface area (Å²) < 4.78 is 6.00. The Balaban J connectivity index is 0.00000294. The number of nitrogens with one attached hydrogen (secondary N) is 1. The molecule has 0 saturated heterocycles. The molecule has 0 aliphatic heterocycles. The van der Waals surface area contributed by atoms with E-state index in [9.17, 15) is 14.7 Å². The smallest absolute Gasteiger partial charge is 1.00 e. The Labute approximate surface area is 261 Å². The van der Waals surface area contributed by atoms with Crippen LogP contribution in [0.2, 0.25) is 5.02 Å². The molecule has 0 saturated carbocycles. The van der Waals surface area contributed by atoms with Gasteiger partial charge in [-0.15, -0.1) is 11.3 Å². The van der Waals surface area contributed by atoms with Crippen LogP contribution in [0.4, 0.5) is 0 Å². The van der Waals surface area contributed by atoms with Gasteiger partial charge in [0.05, 0.1) is 18.1 Å². The number of hydrogen-bond acceptors (Lipinski definition) is 6. The van der Waals surface area contributed by atoms with Crippen LogP contribution in [0.3, 0.4) is 0 Å². The molecule has 6 nitrogen and oxygen atoms in total. The molecule has 0 aliphatic carbocycles. The Morgan fingerprint density at radius 3 is 2.62 bits per heavy atom. The molecule has 1 heterocycles. The molecule has 204 valence electrons. The number of carbonyl (C=O) groups excluding carboxylic acids is 1. The predicted molar refractivity (Wildman–Crippen MR) is 161 cm³/mol. The van der Waals surface area contributed by atoms with Crippen molar-refractivity contribution in [3.8, 4) is 21.7 Å². The van der Waals surface area contributed by atoms with Crippen molar-refractivity contribution in [1.29, 1.82) is 0 Å². The number of carboxylic acids is 1. The van der Waals surface area contributed by atoms with Gasteiger partial charge < -0.3 is 16.6 Å². The summed E-state index contributed by atoms with van der Waals surface area (Å²) in [6.45, 7) is 2.73. The third-order valence-corrected chi connectivity index (χ3v) is 8.02. The van der Waals surface area contributed by atoms with Crippen LogP contribution in [-0.2, 0) is 22.7 Å². The van der Waals surface area contributed by atoms with Crippen LogP contribution >= 0.6 is 34.7 Å². The van der Waals surface area contributed by atoms with E-state index in [1.165, 1.54) is 0 Å². The Hall–Kier alpha value is -2.57. The SMILES string of the molecule is CSCCC(NC(=O)c1ccc(COCc2cnc(-c3cccc(Cl)c3)s2)cc1-c1ccccc1C)C(=O)O.[H-].[Li+]. The number of thiazole rings is 1. The van der Waals surface area contributed by atoms with Gasteiger partial charge in [0.25, 0.3) is 5.91 Å². The minimum Gasteiger partial charge on any atom is -1.00 e. The third kappa shape index (κ3) is 8.47. The number of aliphatic carboxylic acids is 1. The van der Waals surface area contributed by atoms with Gasteiger partial charge in [-0.25, -0.2) is 9.78 Å². The van der Waals surface area contributed by atoms with E-state index in [0.29, 0.717) is 36.0 Å². The Kier molecular flexibility index (Phi) is 12.3. The summed E-state index contributed by atoms with van der Waals surface area (Å²) >= 11 is 9.21. The van der Waals surface area contributed by atoms with E-state index in [0.717, 1.165) is 37.7 Å². The van der Waals surface area contributed by atoms with Gasteiger partial charge in [-0.2, -0.15) is 11.8 Å². The maximum absolute atomic E-state index is 13.3. The molecule has 1 unspecified atom stereocenters. The topological polar surface area (TPSA) is 88.5 Å². The molecule has 3 aromatic carbocycles. The quantitative estimate of drug-likeness (QED) is 0.241. The van der Waals surface area contributed by atoms with Crippen molar-refractivity contribution in [2.24, 2.45) is 0 Å². The summed E-state index contributed by atoms with van der Waals surface area (Å²) in [5.74, 6) is -0.813. The first-order valence-corrected chi connectivity index (χ1v) is 14.9. The maximum atomic E-state index is 13.3. The molecule has 0 spiro atoms. The van der Waals surface area contributed by atoms with Gasteiger partial charge in [-0.1, -0.05) is 54.1 Å². The van der Waals surface area contributed by atoms with Gasteiger partial charge in [0.15, 0.2) is 0 Å². The van der Waals surface area contributed by atoms with E-state index in [4.69, 9.17) is 16.3 Å². The van der Waals surface area contributed by atoms with Crippen molar-refractivity contribution in [2.45, 2.75) is 32.6 Å². The first-order chi connectivity index (χ1) is 18.9. The number of ether oxygens (including phenoxy) is 1. The van der Waals surface area contributed by atoms with E-state index in [1.54, 1.807) is 29.2 Å². The maximum Gasteiger partial charge on any atom is 1.00 e. The average molecular weight is 589 g/mol. The second-order valence-electron chi connectivity index (χ2n) is 8.98. The van der Waals surface area contributed by atoms with Crippen LogP contribution in [0.25, 0.3) is 21.7 Å². The van der Waals surface area contributed by atoms with Crippen molar-refractivity contribution in [3.05, 3.63) is 99.5 Å². The number of hydrogen-bond donors (Lipinski definition) is 2. The Bertz CT molecular complexity index is 1470. The summed E-state index contributed by atoms with van der Waals surface area (Å²) in [6.07, 6.45) is 4.07. The second-order valence-corrected chi connectivity index (χ2v) is 11.5. The fraction of sp³-hybridized carbons (Fsp3) is 0.233. The molecule has 0 fully saturated rings. The fourth-order valence-electron chi connectivity index (χ4n) is 4.10. The number of aryl methyl sites for hydroxylation is 1. The van der Waals surface area contributed by atoms with Gasteiger partial charge in [0.1, 0.15) is 11.0 Å². The van der Waals surface area contributed by atoms with E-state index in [2.05, 4.69) is 10.3 Å². The normalized spacial score (nSPS) is 11.5. The molecular formula is C30H30ClLiN2O4S2. The zero-order valence-corrected chi connectivity index (χ0v) is 25.0. The molecule has 0 aliphatic rings. The molecule has 40 heavy (non-hydrogen) atoms. The van der Waals surface area contributed by atoms with Crippen molar-refractivity contribution in [3.63, 3.8) is 0 Å². The fourth-order valence-corrected chi connectivity index (χ4v) is 5.61. The molecular weight excluding hydrogens is 559 g/mol. The van der Waals surface area contributed by atoms with E-state index in [-0.39, 0.29) is 20.3 Å². The number of carbonyl (C=O) groups is 2. The van der Waals surface area contributed by atoms with Gasteiger partial charge in [0, 0.05) is 22.3 Å². The molecule has 0 bridgehead atoms. The van der Waals surface area contributed by atoms with Crippen LogP contribution in [0.5, 0.6) is 0 Å². The van der Waals surface area contributed by atoms with Crippen LogP contribution in [0.1, 0.15) is 34.2 Å². The molecule has 0 radical (unpaired) electrons. The number of rotatable bonds is 12. The molecule has 4 rings (SSSR count). The van der Waals surface area contributed by atoms with Crippen molar-refractivity contribution in [2.75, 3.05) is 12.0 Å². The van der Waals surface area contributed by atoms with Crippen molar-refractivity contribution in [1.82, 2.24) is 10.3 Å². The molecule has 1 aromatic heterocycles. The summed E-state index contributed by atoms with van der Waals surface area (Å²) in [6, 6.07) is 20.0. The van der Waals surface area contributed by atoms with E-state index < -0.39 is 17.9 Å². The van der Waals surface area contributed by atoms with Crippen molar-refractivity contribution >= 4 is 46.6 Å². The number of amides is 1. The van der Waals surface area contributed by atoms with Crippen LogP contribution in [-0.4, -0.2) is 40.0 Å². The van der Waals surface area contributed by atoms with Gasteiger partial charge in [-0.05, 0) is 71.9 Å². The first kappa shape index (κ1) is 31.9. The number of halogens is 1. The van der Waals surface area contributed by atoms with Crippen LogP contribution in [0.15, 0.2) is 72.9 Å². The number of nitrogens with zero attached hydrogens (tertiary/aromatic N) is 1. The van der Waals surface area contributed by atoms with Gasteiger partial charge in [0.2, 0.25) is 0 Å². The largest absolute Gasteiger partial charge is 1.00 e. The summed E-state index contributed by atoms with van der Waals surface area (Å²) in [4.78, 5) is 30.5. The summed E-state index contributed by atoms with van der Waals surface area (Å²) in [5, 5.41) is 13.8. The summed E-state index contributed by atoms with van der Waals surface area (Å²) in [7, 11) is 0. The third-order valence-electron chi connectivity index (χ3n) is 6.12. The number of carboxylic acid groups (broad SMARTS) is 1. The monoisotopic (exact) mass is 588 g/mol. The van der Waals surface area contributed by atoms with Gasteiger partial charge >= 0.3 is 24.8 Å². The zero-order chi connectivity index (χ0) is 27.8. The van der Waals surface area contributed by atoms with Crippen molar-refractivity contribution < 1.29 is 39.7 Å². The second kappa shape index (κ2) is 15.4. The molecule has 4 aromatic rings. The predicted octanol–water partition coefficient (Wildman–Crippen LogP) is 4.21. The number of aromatic nitrogens is 1. The van der Waals surface area contributed by atoms with Crippen LogP contribution < -0.4 is 24.2 Å². The van der Waals surface area contributed by atoms with Gasteiger partial charge in [-0.3, -0.25) is 4.79 Å². The standard InChI is InChI=1S/C30H29ClN2O4S2.Li.H/c1-19-6-3-4-9-24(19)26-14-20(10-11-25(26)28(34)33-27(30(35)36)12-13-38-2)17-37-18-23-16-32-29(39-23)21-7-5-8-22(31)15-21;;/h3-11,14-16,27H,12-13,17-18H2,1-2H3,(H,33,34)(H,35,36);;/q;+1;-1. The minimum absolute atomic E-state index is 0. The average Bonchev–Trinajstić information content (AvgIpc) is 3.40. The van der Waals surface area contributed by atoms with E-state index >= 15 is 0 Å². The molecule has 1 amide bonds. The minimum atomic E-state index is -1.04. The Morgan fingerprint density at radius 2 is 1.90 bits per heavy atom. The number of benzene rings is 3. The molecule has 1 atom stereocenters. The molecule has 10 heteroatoms. The summed E-state index contributed by atoms with van der Waals surface area (Å²) in [5.41, 5.74) is 4.96. The molecule has 2 N–H and O–H groups in total. The zero-order valence-electron chi connectivity index (χ0n) is 23.6. The van der Waals surface area contributed by atoms with E-state index in [1.807, 2.05) is 80.0 Å². The first-order valence-electron chi connectivity index (χ1n) is 12.4. The Morgan fingerprint density at radius 1 is 1.10 bits per heavy atom. The number of thioether (sulfide) groups is 1. The van der Waals surface area contributed by atoms with Crippen LogP contribution in [0, 0.1) is 6.92 Å².